The number of anilines is 2. The number of alkyl carbamates (subject to hydrolysis) is 1. The molecule has 17 heteroatoms. The van der Waals surface area contributed by atoms with Gasteiger partial charge in [-0.2, -0.15) is 0 Å². The second kappa shape index (κ2) is 22.6. The number of urea groups is 1. The number of carbonyl (C=O) groups excluding carboxylic acids is 7. The molecule has 0 bridgehead atoms. The summed E-state index contributed by atoms with van der Waals surface area (Å²) in [4.78, 5) is 93.0. The molecule has 0 saturated heterocycles. The third kappa shape index (κ3) is 22.4. The normalized spacial score (nSPS) is 14.2. The molecular formula is C43H72N6O11. The summed E-state index contributed by atoms with van der Waals surface area (Å²) < 4.78 is 22.1. The molecule has 340 valence electrons. The molecule has 0 radical (unpaired) electrons. The number of nitrogens with one attached hydrogen (secondary N) is 6. The summed E-state index contributed by atoms with van der Waals surface area (Å²) in [5.74, 6) is -3.60. The smallest absolute Gasteiger partial charge is 0.408 e. The van der Waals surface area contributed by atoms with Gasteiger partial charge in [-0.3, -0.25) is 19.2 Å². The lowest BCUT2D eigenvalue weighted by molar-refractivity contribution is -0.160. The number of ether oxygens (including phenoxy) is 4. The predicted octanol–water partition coefficient (Wildman–Crippen LogP) is 5.96. The zero-order valence-electron chi connectivity index (χ0n) is 38.6. The first-order valence-electron chi connectivity index (χ1n) is 20.4. The van der Waals surface area contributed by atoms with Crippen LogP contribution in [0.1, 0.15) is 130 Å². The van der Waals surface area contributed by atoms with Crippen LogP contribution in [0, 0.1) is 11.8 Å². The van der Waals surface area contributed by atoms with E-state index >= 15 is 0 Å². The fourth-order valence-electron chi connectivity index (χ4n) is 5.22. The minimum absolute atomic E-state index is 0.0523. The highest BCUT2D eigenvalue weighted by Crippen LogP contribution is 2.22. The number of hydrogen-bond donors (Lipinski definition) is 6. The highest BCUT2D eigenvalue weighted by molar-refractivity contribution is 6.03. The lowest BCUT2D eigenvalue weighted by Crippen LogP contribution is -2.58. The number of carbonyl (C=O) groups is 7. The molecular weight excluding hydrogens is 777 g/mol. The highest BCUT2D eigenvalue weighted by atomic mass is 16.6. The molecule has 60 heavy (non-hydrogen) atoms. The second-order valence-corrected chi connectivity index (χ2v) is 19.4. The predicted molar refractivity (Wildman–Crippen MR) is 229 cm³/mol. The van der Waals surface area contributed by atoms with Crippen LogP contribution in [0.25, 0.3) is 0 Å². The molecule has 17 nitrogen and oxygen atoms in total. The molecule has 1 aromatic rings. The Balaban J connectivity index is 3.33. The molecule has 0 aliphatic heterocycles. The van der Waals surface area contributed by atoms with E-state index < -0.39 is 88.4 Å². The van der Waals surface area contributed by atoms with Crippen LogP contribution in [0.15, 0.2) is 24.3 Å². The van der Waals surface area contributed by atoms with E-state index in [1.807, 2.05) is 13.8 Å². The number of hydrogen-bond acceptors (Lipinski definition) is 11. The lowest BCUT2D eigenvalue weighted by atomic mass is 10.00. The lowest BCUT2D eigenvalue weighted by Gasteiger charge is -2.29. The molecule has 1 rings (SSSR count). The summed E-state index contributed by atoms with van der Waals surface area (Å²) in [5, 5.41) is 15.9. The van der Waals surface area contributed by atoms with Crippen LogP contribution in [-0.4, -0.2) is 95.0 Å². The van der Waals surface area contributed by atoms with Crippen molar-refractivity contribution in [2.45, 2.75) is 177 Å². The van der Waals surface area contributed by atoms with Crippen LogP contribution in [0.5, 0.6) is 0 Å². The highest BCUT2D eigenvalue weighted by Gasteiger charge is 2.34. The molecule has 4 atom stereocenters. The zero-order chi connectivity index (χ0) is 46.4. The molecule has 6 amide bonds. The van der Waals surface area contributed by atoms with Gasteiger partial charge in [0.1, 0.15) is 41.0 Å². The van der Waals surface area contributed by atoms with Gasteiger partial charge in [-0.15, -0.1) is 0 Å². The van der Waals surface area contributed by atoms with E-state index in [9.17, 15) is 33.6 Å². The molecule has 0 fully saturated rings. The number of benzene rings is 1. The van der Waals surface area contributed by atoms with Crippen LogP contribution < -0.4 is 31.9 Å². The first-order valence-corrected chi connectivity index (χ1v) is 20.4. The van der Waals surface area contributed by atoms with Gasteiger partial charge in [-0.25, -0.2) is 14.4 Å². The maximum atomic E-state index is 13.9. The fourth-order valence-corrected chi connectivity index (χ4v) is 5.22. The summed E-state index contributed by atoms with van der Waals surface area (Å²) in [6, 6.07) is 0.754. The van der Waals surface area contributed by atoms with Gasteiger partial charge in [-0.1, -0.05) is 39.8 Å². The van der Waals surface area contributed by atoms with Crippen molar-refractivity contribution in [3.8, 4) is 0 Å². The van der Waals surface area contributed by atoms with Crippen molar-refractivity contribution in [3.05, 3.63) is 24.3 Å². The first kappa shape index (κ1) is 53.1. The van der Waals surface area contributed by atoms with Crippen molar-refractivity contribution in [1.82, 2.24) is 21.3 Å². The quantitative estimate of drug-likeness (QED) is 0.0746. The van der Waals surface area contributed by atoms with E-state index in [1.54, 1.807) is 109 Å². The Bertz CT molecular complexity index is 1630. The molecule has 0 aliphatic carbocycles. The van der Waals surface area contributed by atoms with Gasteiger partial charge in [0, 0.05) is 6.42 Å². The summed E-state index contributed by atoms with van der Waals surface area (Å²) in [6.45, 7) is 27.6. The van der Waals surface area contributed by atoms with Crippen molar-refractivity contribution >= 4 is 53.2 Å². The molecule has 0 spiro atoms. The Hall–Kier alpha value is -4.93. The van der Waals surface area contributed by atoms with Crippen LogP contribution in [0.4, 0.5) is 21.0 Å². The standard InChI is InChI=1S/C43H72N6O11/c1-25(2)23-30(35(52)49-33(26(3)4)37(54)59-42(11,12)13)45-36(53)31(24-57-40(5,6)7)47-38(55)46-28-20-18-17-19-27(28)44-34(51)29(48-39(56)60-43(14,15)16)21-22-32(50)58-41(8,9)10/h17-20,25-26,29-31,33H,21-24H2,1-16H3,(H,44,51)(H,45,53)(H,48,56)(H,49,52)(H2,46,47,55)/t29-,30-,31-,33-/m0/s1. The van der Waals surface area contributed by atoms with Crippen LogP contribution >= 0.6 is 0 Å². The monoisotopic (exact) mass is 849 g/mol. The Morgan fingerprint density at radius 2 is 1.08 bits per heavy atom. The zero-order valence-corrected chi connectivity index (χ0v) is 38.6. The molecule has 0 saturated carbocycles. The largest absolute Gasteiger partial charge is 0.460 e. The number of para-hydroxylation sites is 2. The van der Waals surface area contributed by atoms with Crippen LogP contribution in [0.3, 0.4) is 0 Å². The second-order valence-electron chi connectivity index (χ2n) is 19.4. The van der Waals surface area contributed by atoms with Crippen molar-refractivity contribution in [2.24, 2.45) is 11.8 Å². The Morgan fingerprint density at radius 1 is 0.567 bits per heavy atom. The van der Waals surface area contributed by atoms with Crippen LogP contribution in [-0.2, 0) is 42.9 Å². The average molecular weight is 849 g/mol. The van der Waals surface area contributed by atoms with Gasteiger partial charge in [0.25, 0.3) is 0 Å². The van der Waals surface area contributed by atoms with E-state index in [-0.39, 0.29) is 49.1 Å². The maximum absolute atomic E-state index is 13.9. The van der Waals surface area contributed by atoms with E-state index in [2.05, 4.69) is 31.9 Å². The number of rotatable bonds is 18. The molecule has 6 N–H and O–H groups in total. The van der Waals surface area contributed by atoms with E-state index in [1.165, 1.54) is 12.1 Å². The number of esters is 2. The van der Waals surface area contributed by atoms with Gasteiger partial charge in [0.2, 0.25) is 17.7 Å². The summed E-state index contributed by atoms with van der Waals surface area (Å²) in [6.07, 6.45) is -0.995. The minimum atomic E-state index is -1.31. The fraction of sp³-hybridized carbons (Fsp3) is 0.698. The SMILES string of the molecule is CC(C)C[C@H](NC(=O)[C@H](COC(C)(C)C)NC(=O)Nc1ccccc1NC(=O)[C@H](CCC(=O)OC(C)(C)C)NC(=O)OC(C)(C)C)C(=O)N[C@H](C(=O)OC(C)(C)C)C(C)C. The van der Waals surface area contributed by atoms with E-state index in [4.69, 9.17) is 18.9 Å². The van der Waals surface area contributed by atoms with Gasteiger partial charge in [0.15, 0.2) is 0 Å². The summed E-state index contributed by atoms with van der Waals surface area (Å²) >= 11 is 0. The third-order valence-electron chi connectivity index (χ3n) is 7.77. The third-order valence-corrected chi connectivity index (χ3v) is 7.77. The molecule has 0 unspecified atom stereocenters. The van der Waals surface area contributed by atoms with Gasteiger partial charge in [-0.05, 0) is 120 Å². The number of amides is 6. The molecule has 0 aliphatic rings. The molecule has 0 heterocycles. The first-order chi connectivity index (χ1) is 27.2. The van der Waals surface area contributed by atoms with Crippen molar-refractivity contribution in [1.29, 1.82) is 0 Å². The Labute approximate surface area is 356 Å². The molecule has 1 aromatic carbocycles. The Kier molecular flexibility index (Phi) is 20.0. The summed E-state index contributed by atoms with van der Waals surface area (Å²) in [7, 11) is 0. The minimum Gasteiger partial charge on any atom is -0.460 e. The van der Waals surface area contributed by atoms with E-state index in [0.717, 1.165) is 0 Å². The van der Waals surface area contributed by atoms with Gasteiger partial charge in [0.05, 0.1) is 23.6 Å². The maximum Gasteiger partial charge on any atom is 0.408 e. The van der Waals surface area contributed by atoms with Gasteiger partial charge >= 0.3 is 24.1 Å². The van der Waals surface area contributed by atoms with E-state index in [0.29, 0.717) is 0 Å². The summed E-state index contributed by atoms with van der Waals surface area (Å²) in [5.41, 5.74) is -2.87. The van der Waals surface area contributed by atoms with Crippen LogP contribution in [0.2, 0.25) is 0 Å². The van der Waals surface area contributed by atoms with Crippen molar-refractivity contribution < 1.29 is 52.5 Å². The van der Waals surface area contributed by atoms with Crippen molar-refractivity contribution in [3.63, 3.8) is 0 Å². The average Bonchev–Trinajstić information content (AvgIpc) is 3.04. The topological polar surface area (TPSA) is 229 Å². The Morgan fingerprint density at radius 3 is 1.57 bits per heavy atom. The van der Waals surface area contributed by atoms with Gasteiger partial charge < -0.3 is 50.8 Å². The molecule has 0 aromatic heterocycles. The van der Waals surface area contributed by atoms with Crippen molar-refractivity contribution in [2.75, 3.05) is 17.2 Å².